The maximum absolute atomic E-state index is 13.6. The van der Waals surface area contributed by atoms with Crippen LogP contribution in [0.3, 0.4) is 0 Å². The van der Waals surface area contributed by atoms with Gasteiger partial charge in [0.2, 0.25) is 0 Å². The Balaban J connectivity index is 2.04. The van der Waals surface area contributed by atoms with Crippen molar-refractivity contribution in [3.63, 3.8) is 0 Å². The summed E-state index contributed by atoms with van der Waals surface area (Å²) in [5, 5.41) is 11.9. The minimum Gasteiger partial charge on any atom is -0.494 e. The molecule has 0 aliphatic heterocycles. The number of hydrogen-bond acceptors (Lipinski definition) is 3. The van der Waals surface area contributed by atoms with Gasteiger partial charge in [0.05, 0.1) is 12.5 Å². The first-order valence-electron chi connectivity index (χ1n) is 6.84. The molecule has 21 heavy (non-hydrogen) atoms. The third kappa shape index (κ3) is 3.15. The molecule has 114 valence electrons. The van der Waals surface area contributed by atoms with Gasteiger partial charge in [0.1, 0.15) is 0 Å². The van der Waals surface area contributed by atoms with E-state index in [-0.39, 0.29) is 17.9 Å². The lowest BCUT2D eigenvalue weighted by atomic mass is 9.86. The molecule has 1 aliphatic rings. The van der Waals surface area contributed by atoms with E-state index in [1.807, 2.05) is 0 Å². The van der Waals surface area contributed by atoms with Crippen LogP contribution in [0.1, 0.15) is 36.0 Å². The van der Waals surface area contributed by atoms with Crippen molar-refractivity contribution >= 4 is 11.9 Å². The predicted molar refractivity (Wildman–Crippen MR) is 73.8 cm³/mol. The van der Waals surface area contributed by atoms with Crippen molar-refractivity contribution in [2.45, 2.75) is 25.7 Å². The first-order valence-corrected chi connectivity index (χ1v) is 6.84. The summed E-state index contributed by atoms with van der Waals surface area (Å²) in [6, 6.07) is 3.89. The largest absolute Gasteiger partial charge is 0.494 e. The van der Waals surface area contributed by atoms with Crippen LogP contribution in [0.15, 0.2) is 18.2 Å². The van der Waals surface area contributed by atoms with E-state index >= 15 is 0 Å². The van der Waals surface area contributed by atoms with Crippen molar-refractivity contribution < 1.29 is 23.8 Å². The number of carboxylic acids is 1. The number of nitrogens with one attached hydrogen (secondary N) is 1. The highest BCUT2D eigenvalue weighted by Gasteiger charge is 2.41. The summed E-state index contributed by atoms with van der Waals surface area (Å²) < 4.78 is 18.3. The van der Waals surface area contributed by atoms with E-state index in [0.717, 1.165) is 18.9 Å². The van der Waals surface area contributed by atoms with Gasteiger partial charge < -0.3 is 15.2 Å². The second-order valence-corrected chi connectivity index (χ2v) is 5.32. The molecule has 2 N–H and O–H groups in total. The van der Waals surface area contributed by atoms with Crippen LogP contribution in [0, 0.1) is 11.2 Å². The van der Waals surface area contributed by atoms with Gasteiger partial charge in [0.25, 0.3) is 5.91 Å². The SMILES string of the molecule is COc1ccc(C(=O)NCC2(C(=O)O)CCCC2)cc1F. The van der Waals surface area contributed by atoms with E-state index in [0.29, 0.717) is 12.8 Å². The summed E-state index contributed by atoms with van der Waals surface area (Å²) in [5.41, 5.74) is -0.743. The Morgan fingerprint density at radius 3 is 2.57 bits per heavy atom. The molecule has 6 heteroatoms. The Hall–Kier alpha value is -2.11. The Morgan fingerprint density at radius 2 is 2.05 bits per heavy atom. The number of rotatable bonds is 5. The van der Waals surface area contributed by atoms with Gasteiger partial charge in [-0.3, -0.25) is 9.59 Å². The molecule has 0 unspecified atom stereocenters. The molecule has 0 spiro atoms. The molecule has 5 nitrogen and oxygen atoms in total. The van der Waals surface area contributed by atoms with Crippen LogP contribution < -0.4 is 10.1 Å². The van der Waals surface area contributed by atoms with Crippen LogP contribution in [0.25, 0.3) is 0 Å². The van der Waals surface area contributed by atoms with E-state index in [1.54, 1.807) is 0 Å². The molecule has 1 aromatic carbocycles. The third-order valence-electron chi connectivity index (χ3n) is 4.02. The number of halogens is 1. The first-order chi connectivity index (χ1) is 9.98. The molecule has 1 amide bonds. The number of carbonyl (C=O) groups excluding carboxylic acids is 1. The van der Waals surface area contributed by atoms with Gasteiger partial charge in [0, 0.05) is 12.1 Å². The van der Waals surface area contributed by atoms with Crippen LogP contribution in [-0.2, 0) is 4.79 Å². The van der Waals surface area contributed by atoms with Crippen molar-refractivity contribution in [3.05, 3.63) is 29.6 Å². The smallest absolute Gasteiger partial charge is 0.311 e. The maximum Gasteiger partial charge on any atom is 0.311 e. The van der Waals surface area contributed by atoms with Gasteiger partial charge in [-0.25, -0.2) is 4.39 Å². The number of aliphatic carboxylic acids is 1. The van der Waals surface area contributed by atoms with Crippen LogP contribution in [0.2, 0.25) is 0 Å². The van der Waals surface area contributed by atoms with E-state index in [9.17, 15) is 19.1 Å². The van der Waals surface area contributed by atoms with Crippen LogP contribution in [0.5, 0.6) is 5.75 Å². The molecule has 0 aromatic heterocycles. The molecule has 0 radical (unpaired) electrons. The molecule has 0 bridgehead atoms. The summed E-state index contributed by atoms with van der Waals surface area (Å²) in [5.74, 6) is -1.94. The number of hydrogen-bond donors (Lipinski definition) is 2. The zero-order chi connectivity index (χ0) is 15.5. The molecule has 0 atom stereocenters. The van der Waals surface area contributed by atoms with Crippen molar-refractivity contribution in [1.82, 2.24) is 5.32 Å². The number of ether oxygens (including phenoxy) is 1. The molecular formula is C15H18FNO4. The minimum absolute atomic E-state index is 0.0596. The lowest BCUT2D eigenvalue weighted by molar-refractivity contribution is -0.148. The molecule has 0 saturated heterocycles. The summed E-state index contributed by atoms with van der Waals surface area (Å²) in [6.07, 6.45) is 2.80. The number of methoxy groups -OCH3 is 1. The van der Waals surface area contributed by atoms with Gasteiger partial charge >= 0.3 is 5.97 Å². The summed E-state index contributed by atoms with van der Waals surface area (Å²) in [7, 11) is 1.34. The summed E-state index contributed by atoms with van der Waals surface area (Å²) in [4.78, 5) is 23.4. The fourth-order valence-electron chi connectivity index (χ4n) is 2.68. The molecule has 1 fully saturated rings. The Kier molecular flexibility index (Phi) is 4.45. The number of amides is 1. The lowest BCUT2D eigenvalue weighted by Gasteiger charge is -2.24. The first kappa shape index (κ1) is 15.3. The summed E-state index contributed by atoms with van der Waals surface area (Å²) in [6.45, 7) is 0.0643. The monoisotopic (exact) mass is 295 g/mol. The normalized spacial score (nSPS) is 16.5. The van der Waals surface area contributed by atoms with Crippen molar-refractivity contribution in [2.75, 3.05) is 13.7 Å². The molecule has 1 aromatic rings. The topological polar surface area (TPSA) is 75.6 Å². The zero-order valence-corrected chi connectivity index (χ0v) is 11.8. The van der Waals surface area contributed by atoms with Crippen molar-refractivity contribution in [3.8, 4) is 5.75 Å². The molecule has 2 rings (SSSR count). The number of benzene rings is 1. The van der Waals surface area contributed by atoms with E-state index in [1.165, 1.54) is 19.2 Å². The average Bonchev–Trinajstić information content (AvgIpc) is 2.95. The fourth-order valence-corrected chi connectivity index (χ4v) is 2.68. The highest BCUT2D eigenvalue weighted by Crippen LogP contribution is 2.37. The van der Waals surface area contributed by atoms with Gasteiger partial charge in [-0.2, -0.15) is 0 Å². The predicted octanol–water partition coefficient (Wildman–Crippen LogP) is 2.21. The molecule has 1 aliphatic carbocycles. The Morgan fingerprint density at radius 1 is 1.38 bits per heavy atom. The highest BCUT2D eigenvalue weighted by atomic mass is 19.1. The van der Waals surface area contributed by atoms with E-state index in [4.69, 9.17) is 4.74 Å². The molecule has 0 heterocycles. The van der Waals surface area contributed by atoms with Crippen molar-refractivity contribution in [2.24, 2.45) is 5.41 Å². The van der Waals surface area contributed by atoms with Crippen molar-refractivity contribution in [1.29, 1.82) is 0 Å². The lowest BCUT2D eigenvalue weighted by Crippen LogP contribution is -2.41. The second-order valence-electron chi connectivity index (χ2n) is 5.32. The Labute approximate surface area is 122 Å². The third-order valence-corrected chi connectivity index (χ3v) is 4.02. The quantitative estimate of drug-likeness (QED) is 0.873. The van der Waals surface area contributed by atoms with Crippen LogP contribution in [0.4, 0.5) is 4.39 Å². The standard InChI is InChI=1S/C15H18FNO4/c1-21-12-5-4-10(8-11(12)16)13(18)17-9-15(14(19)20)6-2-3-7-15/h4-5,8H,2-3,6-7,9H2,1H3,(H,17,18)(H,19,20). The van der Waals surface area contributed by atoms with Gasteiger partial charge in [-0.05, 0) is 31.0 Å². The maximum atomic E-state index is 13.6. The number of carbonyl (C=O) groups is 2. The van der Waals surface area contributed by atoms with Gasteiger partial charge in [-0.15, -0.1) is 0 Å². The van der Waals surface area contributed by atoms with Crippen LogP contribution in [-0.4, -0.2) is 30.6 Å². The fraction of sp³-hybridized carbons (Fsp3) is 0.467. The zero-order valence-electron chi connectivity index (χ0n) is 11.8. The van der Waals surface area contributed by atoms with E-state index in [2.05, 4.69) is 5.32 Å². The Bertz CT molecular complexity index is 553. The molecular weight excluding hydrogens is 277 g/mol. The highest BCUT2D eigenvalue weighted by molar-refractivity contribution is 5.94. The van der Waals surface area contributed by atoms with Gasteiger partial charge in [-0.1, -0.05) is 12.8 Å². The molecule has 1 saturated carbocycles. The summed E-state index contributed by atoms with van der Waals surface area (Å²) >= 11 is 0. The number of carboxylic acid groups (broad SMARTS) is 1. The second kappa shape index (κ2) is 6.11. The van der Waals surface area contributed by atoms with Crippen LogP contribution >= 0.6 is 0 Å². The van der Waals surface area contributed by atoms with E-state index < -0.39 is 23.1 Å². The minimum atomic E-state index is -0.888. The average molecular weight is 295 g/mol. The van der Waals surface area contributed by atoms with Gasteiger partial charge in [0.15, 0.2) is 11.6 Å².